The second-order valence-corrected chi connectivity index (χ2v) is 3.95. The summed E-state index contributed by atoms with van der Waals surface area (Å²) in [5.41, 5.74) is 0. The maximum Gasteiger partial charge on any atom is 0.0197 e. The van der Waals surface area contributed by atoms with Gasteiger partial charge in [-0.15, -0.1) is 0 Å². The summed E-state index contributed by atoms with van der Waals surface area (Å²) in [6.07, 6.45) is 1.35. The second-order valence-electron chi connectivity index (χ2n) is 3.95. The van der Waals surface area contributed by atoms with Crippen LogP contribution in [0.2, 0.25) is 0 Å². The van der Waals surface area contributed by atoms with Gasteiger partial charge in [0.1, 0.15) is 0 Å². The summed E-state index contributed by atoms with van der Waals surface area (Å²) in [5, 5.41) is 3.54. The maximum absolute atomic E-state index is 3.54. The van der Waals surface area contributed by atoms with Crippen LogP contribution in [-0.2, 0) is 0 Å². The van der Waals surface area contributed by atoms with Crippen LogP contribution in [0, 0.1) is 5.92 Å². The van der Waals surface area contributed by atoms with Gasteiger partial charge in [0.25, 0.3) is 0 Å². The number of rotatable bonds is 3. The van der Waals surface area contributed by atoms with Crippen LogP contribution in [0.25, 0.3) is 0 Å². The molecule has 1 rings (SSSR count). The van der Waals surface area contributed by atoms with Crippen LogP contribution in [0.3, 0.4) is 0 Å². The topological polar surface area (TPSA) is 15.3 Å². The summed E-state index contributed by atoms with van der Waals surface area (Å²) in [7, 11) is 0. The molecule has 0 aromatic carbocycles. The van der Waals surface area contributed by atoms with E-state index in [1.54, 1.807) is 0 Å². The van der Waals surface area contributed by atoms with Gasteiger partial charge in [-0.05, 0) is 25.4 Å². The average molecular weight is 170 g/mol. The predicted molar refractivity (Wildman–Crippen MR) is 53.4 cm³/mol. The van der Waals surface area contributed by atoms with Crippen molar-refractivity contribution in [2.45, 2.75) is 33.2 Å². The van der Waals surface area contributed by atoms with Crippen molar-refractivity contribution in [1.82, 2.24) is 10.2 Å². The Balaban J connectivity index is 2.34. The third-order valence-corrected chi connectivity index (χ3v) is 2.68. The van der Waals surface area contributed by atoms with Gasteiger partial charge in [0, 0.05) is 19.1 Å². The summed E-state index contributed by atoms with van der Waals surface area (Å²) < 4.78 is 0. The molecule has 1 aliphatic rings. The largest absolute Gasteiger partial charge is 0.313 e. The van der Waals surface area contributed by atoms with E-state index in [4.69, 9.17) is 0 Å². The van der Waals surface area contributed by atoms with Crippen molar-refractivity contribution in [3.05, 3.63) is 0 Å². The SMILES string of the molecule is CCNC1CC(C)CN(CC)C1. The Hall–Kier alpha value is -0.0800. The lowest BCUT2D eigenvalue weighted by Gasteiger charge is -2.36. The first-order chi connectivity index (χ1) is 5.76. The van der Waals surface area contributed by atoms with Gasteiger partial charge in [0.15, 0.2) is 0 Å². The molecule has 0 aromatic rings. The number of nitrogens with one attached hydrogen (secondary N) is 1. The summed E-state index contributed by atoms with van der Waals surface area (Å²) in [4.78, 5) is 2.54. The number of hydrogen-bond acceptors (Lipinski definition) is 2. The van der Waals surface area contributed by atoms with Crippen LogP contribution in [0.5, 0.6) is 0 Å². The Labute approximate surface area is 76.3 Å². The van der Waals surface area contributed by atoms with Crippen LogP contribution in [-0.4, -0.2) is 37.1 Å². The van der Waals surface area contributed by atoms with Crippen molar-refractivity contribution < 1.29 is 0 Å². The van der Waals surface area contributed by atoms with Crippen molar-refractivity contribution in [1.29, 1.82) is 0 Å². The molecule has 0 spiro atoms. The minimum atomic E-state index is 0.735. The van der Waals surface area contributed by atoms with E-state index in [9.17, 15) is 0 Å². The molecule has 1 saturated heterocycles. The minimum absolute atomic E-state index is 0.735. The van der Waals surface area contributed by atoms with E-state index >= 15 is 0 Å². The molecular formula is C10H22N2. The molecule has 12 heavy (non-hydrogen) atoms. The Bertz CT molecular complexity index is 125. The molecule has 1 fully saturated rings. The van der Waals surface area contributed by atoms with Crippen LogP contribution < -0.4 is 5.32 Å². The number of likely N-dealkylation sites (N-methyl/N-ethyl adjacent to an activating group) is 2. The van der Waals surface area contributed by atoms with Crippen molar-refractivity contribution in [2.24, 2.45) is 5.92 Å². The van der Waals surface area contributed by atoms with Gasteiger partial charge in [0.2, 0.25) is 0 Å². The molecule has 0 bridgehead atoms. The zero-order valence-corrected chi connectivity index (χ0v) is 8.64. The van der Waals surface area contributed by atoms with E-state index in [1.807, 2.05) is 0 Å². The molecule has 2 unspecified atom stereocenters. The fourth-order valence-corrected chi connectivity index (χ4v) is 2.16. The van der Waals surface area contributed by atoms with Crippen molar-refractivity contribution in [2.75, 3.05) is 26.2 Å². The first-order valence-electron chi connectivity index (χ1n) is 5.22. The highest BCUT2D eigenvalue weighted by molar-refractivity contribution is 4.80. The fraction of sp³-hybridized carbons (Fsp3) is 1.00. The van der Waals surface area contributed by atoms with Gasteiger partial charge in [-0.2, -0.15) is 0 Å². The van der Waals surface area contributed by atoms with Crippen LogP contribution in [0.4, 0.5) is 0 Å². The van der Waals surface area contributed by atoms with Crippen LogP contribution >= 0.6 is 0 Å². The van der Waals surface area contributed by atoms with Crippen LogP contribution in [0.1, 0.15) is 27.2 Å². The highest BCUT2D eigenvalue weighted by Gasteiger charge is 2.22. The van der Waals surface area contributed by atoms with Gasteiger partial charge >= 0.3 is 0 Å². The van der Waals surface area contributed by atoms with E-state index < -0.39 is 0 Å². The third kappa shape index (κ3) is 2.76. The molecule has 0 aliphatic carbocycles. The monoisotopic (exact) mass is 170 g/mol. The molecular weight excluding hydrogens is 148 g/mol. The van der Waals surface area contributed by atoms with E-state index in [1.165, 1.54) is 26.1 Å². The normalized spacial score (nSPS) is 32.2. The van der Waals surface area contributed by atoms with Crippen molar-refractivity contribution >= 4 is 0 Å². The Morgan fingerprint density at radius 3 is 2.67 bits per heavy atom. The quantitative estimate of drug-likeness (QED) is 0.687. The fourth-order valence-electron chi connectivity index (χ4n) is 2.16. The summed E-state index contributed by atoms with van der Waals surface area (Å²) >= 11 is 0. The highest BCUT2D eigenvalue weighted by Crippen LogP contribution is 2.15. The lowest BCUT2D eigenvalue weighted by Crippen LogP contribution is -2.48. The molecule has 1 aliphatic heterocycles. The number of hydrogen-bond donors (Lipinski definition) is 1. The Morgan fingerprint density at radius 1 is 1.33 bits per heavy atom. The van der Waals surface area contributed by atoms with Crippen LogP contribution in [0.15, 0.2) is 0 Å². The predicted octanol–water partition coefficient (Wildman–Crippen LogP) is 1.33. The molecule has 2 nitrogen and oxygen atoms in total. The van der Waals surface area contributed by atoms with E-state index in [0.717, 1.165) is 18.5 Å². The van der Waals surface area contributed by atoms with Gasteiger partial charge < -0.3 is 10.2 Å². The van der Waals surface area contributed by atoms with Crippen molar-refractivity contribution in [3.8, 4) is 0 Å². The van der Waals surface area contributed by atoms with Gasteiger partial charge in [-0.3, -0.25) is 0 Å². The number of nitrogens with zero attached hydrogens (tertiary/aromatic N) is 1. The second kappa shape index (κ2) is 4.83. The third-order valence-electron chi connectivity index (χ3n) is 2.68. The zero-order valence-electron chi connectivity index (χ0n) is 8.64. The molecule has 1 N–H and O–H groups in total. The van der Waals surface area contributed by atoms with E-state index in [0.29, 0.717) is 0 Å². The molecule has 2 heteroatoms. The lowest BCUT2D eigenvalue weighted by atomic mass is 9.96. The Morgan fingerprint density at radius 2 is 2.08 bits per heavy atom. The average Bonchev–Trinajstić information content (AvgIpc) is 2.04. The summed E-state index contributed by atoms with van der Waals surface area (Å²) in [6.45, 7) is 11.6. The molecule has 0 amide bonds. The van der Waals surface area contributed by atoms with E-state index in [2.05, 4.69) is 31.0 Å². The zero-order chi connectivity index (χ0) is 8.97. The molecule has 72 valence electrons. The molecule has 2 atom stereocenters. The van der Waals surface area contributed by atoms with Gasteiger partial charge in [-0.1, -0.05) is 20.8 Å². The summed E-state index contributed by atoms with van der Waals surface area (Å²) in [5.74, 6) is 0.864. The molecule has 0 radical (unpaired) electrons. The smallest absolute Gasteiger partial charge is 0.0197 e. The molecule has 1 heterocycles. The lowest BCUT2D eigenvalue weighted by molar-refractivity contribution is 0.157. The van der Waals surface area contributed by atoms with Gasteiger partial charge in [-0.25, -0.2) is 0 Å². The number of likely N-dealkylation sites (tertiary alicyclic amines) is 1. The Kier molecular flexibility index (Phi) is 4.02. The number of piperidine rings is 1. The molecule has 0 saturated carbocycles. The molecule has 0 aromatic heterocycles. The standard InChI is InChI=1S/C10H22N2/c1-4-11-10-6-9(3)7-12(5-2)8-10/h9-11H,4-8H2,1-3H3. The highest BCUT2D eigenvalue weighted by atomic mass is 15.2. The summed E-state index contributed by atoms with van der Waals surface area (Å²) in [6, 6.07) is 0.735. The van der Waals surface area contributed by atoms with E-state index in [-0.39, 0.29) is 0 Å². The van der Waals surface area contributed by atoms with Gasteiger partial charge in [0.05, 0.1) is 0 Å². The van der Waals surface area contributed by atoms with Crippen molar-refractivity contribution in [3.63, 3.8) is 0 Å². The minimum Gasteiger partial charge on any atom is -0.313 e. The maximum atomic E-state index is 3.54. The first-order valence-corrected chi connectivity index (χ1v) is 5.22. The first kappa shape index (κ1) is 10.0.